The van der Waals surface area contributed by atoms with Crippen LogP contribution in [-0.2, 0) is 0 Å². The molecule has 2 aromatic carbocycles. The average molecular weight is 484 g/mol. The maximum Gasteiger partial charge on any atom is 0.425 e. The summed E-state index contributed by atoms with van der Waals surface area (Å²) in [6, 6.07) is 6.14. The van der Waals surface area contributed by atoms with Crippen LogP contribution in [0, 0.1) is 18.6 Å². The molecule has 1 N–H and O–H groups in total. The number of halogens is 5. The number of carbonyl (C=O) groups is 1. The van der Waals surface area contributed by atoms with E-state index in [4.69, 9.17) is 4.74 Å². The summed E-state index contributed by atoms with van der Waals surface area (Å²) in [4.78, 5) is 25.5. The normalized spacial score (nSPS) is 12.6. The molecule has 1 atom stereocenters. The fourth-order valence-electron chi connectivity index (χ4n) is 3.22. The third-order valence-electron chi connectivity index (χ3n) is 4.91. The van der Waals surface area contributed by atoms with E-state index in [9.17, 15) is 27.2 Å². The first-order chi connectivity index (χ1) is 15.8. The number of alkyl halides is 3. The first-order valence-electron chi connectivity index (χ1n) is 10.1. The standard InChI is InChI=1S/C22H21F5N4O3/c1-11(2)30-13(4)29-31(21(30)33)18-10-19(34-12(3)22(25,26)27)14(9-16(18)24)20(32)28-17-8-6-5-7-15(17)23/h5-12H,1-4H3,(H,28,32). The van der Waals surface area contributed by atoms with E-state index in [1.165, 1.54) is 29.7 Å². The molecule has 0 saturated heterocycles. The van der Waals surface area contributed by atoms with Gasteiger partial charge in [-0.1, -0.05) is 12.1 Å². The van der Waals surface area contributed by atoms with Crippen LogP contribution in [0.3, 0.4) is 0 Å². The predicted molar refractivity (Wildman–Crippen MR) is 113 cm³/mol. The maximum atomic E-state index is 15.0. The molecule has 0 bridgehead atoms. The van der Waals surface area contributed by atoms with Gasteiger partial charge in [0.2, 0.25) is 0 Å². The Hall–Kier alpha value is -3.70. The number of nitrogens with zero attached hydrogens (tertiary/aromatic N) is 3. The van der Waals surface area contributed by atoms with Crippen LogP contribution in [0.4, 0.5) is 27.6 Å². The molecule has 0 aliphatic carbocycles. The van der Waals surface area contributed by atoms with E-state index in [0.29, 0.717) is 17.7 Å². The fraction of sp³-hybridized carbons (Fsp3) is 0.318. The van der Waals surface area contributed by atoms with Gasteiger partial charge >= 0.3 is 11.9 Å². The Kier molecular flexibility index (Phi) is 6.80. The van der Waals surface area contributed by atoms with Gasteiger partial charge < -0.3 is 10.1 Å². The zero-order chi connectivity index (χ0) is 25.4. The third-order valence-corrected chi connectivity index (χ3v) is 4.91. The van der Waals surface area contributed by atoms with Crippen molar-refractivity contribution in [3.8, 4) is 11.4 Å². The number of ether oxygens (including phenoxy) is 1. The van der Waals surface area contributed by atoms with Crippen LogP contribution in [0.5, 0.6) is 5.75 Å². The van der Waals surface area contributed by atoms with Gasteiger partial charge in [-0.05, 0) is 45.9 Å². The Balaban J connectivity index is 2.14. The summed E-state index contributed by atoms with van der Waals surface area (Å²) >= 11 is 0. The molecule has 0 aliphatic heterocycles. The van der Waals surface area contributed by atoms with Crippen molar-refractivity contribution in [1.82, 2.24) is 14.3 Å². The molecule has 1 aromatic heterocycles. The maximum absolute atomic E-state index is 15.0. The SMILES string of the molecule is Cc1nn(-c2cc(OC(C)C(F)(F)F)c(C(=O)Nc3ccccc3F)cc2F)c(=O)n1C(C)C. The molecule has 3 aromatic rings. The van der Waals surface area contributed by atoms with Gasteiger partial charge in [0.15, 0.2) is 6.10 Å². The van der Waals surface area contributed by atoms with Crippen molar-refractivity contribution < 1.29 is 31.5 Å². The highest BCUT2D eigenvalue weighted by Gasteiger charge is 2.39. The Labute approximate surface area is 190 Å². The quantitative estimate of drug-likeness (QED) is 0.511. The molecule has 0 spiro atoms. The Morgan fingerprint density at radius 2 is 1.74 bits per heavy atom. The van der Waals surface area contributed by atoms with Crippen LogP contribution in [0.1, 0.15) is 43.0 Å². The molecule has 0 saturated carbocycles. The van der Waals surface area contributed by atoms with Crippen LogP contribution in [0.2, 0.25) is 0 Å². The number of anilines is 1. The van der Waals surface area contributed by atoms with Crippen molar-refractivity contribution in [2.45, 2.75) is 46.0 Å². The topological polar surface area (TPSA) is 78.2 Å². The summed E-state index contributed by atoms with van der Waals surface area (Å²) in [6.07, 6.45) is -7.18. The number of aryl methyl sites for hydroxylation is 1. The number of nitrogens with one attached hydrogen (secondary N) is 1. The lowest BCUT2D eigenvalue weighted by Crippen LogP contribution is -2.32. The molecule has 1 amide bonds. The molecule has 182 valence electrons. The van der Waals surface area contributed by atoms with E-state index in [-0.39, 0.29) is 17.6 Å². The van der Waals surface area contributed by atoms with Crippen LogP contribution < -0.4 is 15.7 Å². The van der Waals surface area contributed by atoms with Gasteiger partial charge in [-0.25, -0.2) is 13.6 Å². The first-order valence-corrected chi connectivity index (χ1v) is 10.1. The summed E-state index contributed by atoms with van der Waals surface area (Å²) in [5.74, 6) is -3.47. The minimum Gasteiger partial charge on any atom is -0.480 e. The van der Waals surface area contributed by atoms with Crippen LogP contribution in [0.25, 0.3) is 5.69 Å². The van der Waals surface area contributed by atoms with Crippen molar-refractivity contribution in [2.75, 3.05) is 5.32 Å². The molecule has 0 fully saturated rings. The minimum atomic E-state index is -4.81. The highest BCUT2D eigenvalue weighted by atomic mass is 19.4. The Morgan fingerprint density at radius 1 is 1.09 bits per heavy atom. The van der Waals surface area contributed by atoms with Crippen molar-refractivity contribution in [1.29, 1.82) is 0 Å². The van der Waals surface area contributed by atoms with Gasteiger partial charge in [0.25, 0.3) is 5.91 Å². The molecule has 1 heterocycles. The zero-order valence-corrected chi connectivity index (χ0v) is 18.6. The molecule has 0 radical (unpaired) electrons. The second kappa shape index (κ2) is 9.27. The molecular weight excluding hydrogens is 463 g/mol. The average Bonchev–Trinajstić information content (AvgIpc) is 3.03. The van der Waals surface area contributed by atoms with E-state index in [1.54, 1.807) is 13.8 Å². The largest absolute Gasteiger partial charge is 0.480 e. The number of aromatic nitrogens is 3. The van der Waals surface area contributed by atoms with Gasteiger partial charge in [-0.2, -0.15) is 23.0 Å². The van der Waals surface area contributed by atoms with Crippen molar-refractivity contribution in [2.24, 2.45) is 0 Å². The summed E-state index contributed by atoms with van der Waals surface area (Å²) in [7, 11) is 0. The van der Waals surface area contributed by atoms with Crippen molar-refractivity contribution >= 4 is 11.6 Å². The predicted octanol–water partition coefficient (Wildman–Crippen LogP) is 4.78. The second-order valence-electron chi connectivity index (χ2n) is 7.74. The zero-order valence-electron chi connectivity index (χ0n) is 18.6. The van der Waals surface area contributed by atoms with Gasteiger partial charge in [0.05, 0.1) is 11.3 Å². The van der Waals surface area contributed by atoms with Gasteiger partial charge in [0.1, 0.15) is 28.9 Å². The van der Waals surface area contributed by atoms with Crippen LogP contribution in [0.15, 0.2) is 41.2 Å². The lowest BCUT2D eigenvalue weighted by molar-refractivity contribution is -0.189. The van der Waals surface area contributed by atoms with Gasteiger partial charge in [0, 0.05) is 12.1 Å². The van der Waals surface area contributed by atoms with E-state index in [0.717, 1.165) is 12.1 Å². The highest BCUT2D eigenvalue weighted by Crippen LogP contribution is 2.31. The number of para-hydroxylation sites is 1. The molecule has 34 heavy (non-hydrogen) atoms. The van der Waals surface area contributed by atoms with Crippen molar-refractivity contribution in [3.05, 3.63) is 69.9 Å². The summed E-state index contributed by atoms with van der Waals surface area (Å²) in [5.41, 5.74) is -2.15. The minimum absolute atomic E-state index is 0.243. The number of hydrogen-bond donors (Lipinski definition) is 1. The van der Waals surface area contributed by atoms with Gasteiger partial charge in [-0.3, -0.25) is 9.36 Å². The first kappa shape index (κ1) is 24.9. The van der Waals surface area contributed by atoms with Crippen molar-refractivity contribution in [3.63, 3.8) is 0 Å². The summed E-state index contributed by atoms with van der Waals surface area (Å²) < 4.78 is 75.3. The lowest BCUT2D eigenvalue weighted by Gasteiger charge is -2.20. The lowest BCUT2D eigenvalue weighted by atomic mass is 10.1. The fourth-order valence-corrected chi connectivity index (χ4v) is 3.22. The van der Waals surface area contributed by atoms with Crippen LogP contribution >= 0.6 is 0 Å². The van der Waals surface area contributed by atoms with E-state index in [2.05, 4.69) is 10.4 Å². The number of amides is 1. The molecular formula is C22H21F5N4O3. The smallest absolute Gasteiger partial charge is 0.425 e. The van der Waals surface area contributed by atoms with E-state index >= 15 is 4.39 Å². The third kappa shape index (κ3) is 4.95. The number of benzene rings is 2. The molecule has 3 rings (SSSR count). The molecule has 0 aliphatic rings. The van der Waals surface area contributed by atoms with Crippen LogP contribution in [-0.4, -0.2) is 32.5 Å². The molecule has 12 heteroatoms. The van der Waals surface area contributed by atoms with E-state index in [1.807, 2.05) is 0 Å². The van der Waals surface area contributed by atoms with E-state index < -0.39 is 52.5 Å². The Bertz CT molecular complexity index is 1280. The summed E-state index contributed by atoms with van der Waals surface area (Å²) in [5, 5.41) is 6.16. The number of hydrogen-bond acceptors (Lipinski definition) is 4. The second-order valence-corrected chi connectivity index (χ2v) is 7.74. The monoisotopic (exact) mass is 484 g/mol. The number of rotatable bonds is 6. The molecule has 1 unspecified atom stereocenters. The van der Waals surface area contributed by atoms with Gasteiger partial charge in [-0.15, -0.1) is 0 Å². The molecule has 7 nitrogen and oxygen atoms in total. The number of carbonyl (C=O) groups excluding carboxylic acids is 1. The summed E-state index contributed by atoms with van der Waals surface area (Å²) in [6.45, 7) is 5.61. The Morgan fingerprint density at radius 3 is 2.29 bits per heavy atom. The highest BCUT2D eigenvalue weighted by molar-refractivity contribution is 6.06.